The van der Waals surface area contributed by atoms with E-state index in [1.165, 1.54) is 0 Å². The lowest BCUT2D eigenvalue weighted by Crippen LogP contribution is -2.33. The summed E-state index contributed by atoms with van der Waals surface area (Å²) in [6.07, 6.45) is 1.47. The second kappa shape index (κ2) is 2.27. The topological polar surface area (TPSA) is 35.2 Å². The lowest BCUT2D eigenvalue weighted by Gasteiger charge is -2.24. The molecule has 2 heteroatoms. The molecule has 1 aliphatic heterocycles. The van der Waals surface area contributed by atoms with E-state index >= 15 is 0 Å². The van der Waals surface area contributed by atoms with Gasteiger partial charge in [0.1, 0.15) is 0 Å². The maximum atomic E-state index is 5.58. The Hall–Kier alpha value is -0.0800. The van der Waals surface area contributed by atoms with Gasteiger partial charge in [0.15, 0.2) is 0 Å². The van der Waals surface area contributed by atoms with E-state index in [2.05, 4.69) is 13.8 Å². The summed E-state index contributed by atoms with van der Waals surface area (Å²) in [4.78, 5) is 0. The van der Waals surface area contributed by atoms with E-state index in [4.69, 9.17) is 10.5 Å². The van der Waals surface area contributed by atoms with Crippen molar-refractivity contribution in [3.05, 3.63) is 0 Å². The van der Waals surface area contributed by atoms with Gasteiger partial charge >= 0.3 is 0 Å². The minimum atomic E-state index is 0.250. The molecule has 0 aromatic heterocycles. The quantitative estimate of drug-likeness (QED) is 0.567. The van der Waals surface area contributed by atoms with Crippen molar-refractivity contribution in [3.8, 4) is 0 Å². The zero-order valence-corrected chi connectivity index (χ0v) is 6.18. The molecule has 0 saturated carbocycles. The summed E-state index contributed by atoms with van der Waals surface area (Å²) in [5.41, 5.74) is 5.83. The molecule has 1 saturated heterocycles. The van der Waals surface area contributed by atoms with Crippen molar-refractivity contribution in [2.45, 2.75) is 26.4 Å². The Kier molecular flexibility index (Phi) is 1.78. The van der Waals surface area contributed by atoms with Crippen LogP contribution in [-0.2, 0) is 4.74 Å². The second-order valence-electron chi connectivity index (χ2n) is 3.12. The molecule has 0 aromatic carbocycles. The van der Waals surface area contributed by atoms with Gasteiger partial charge < -0.3 is 10.5 Å². The molecule has 2 N–H and O–H groups in total. The molecule has 54 valence electrons. The summed E-state index contributed by atoms with van der Waals surface area (Å²) < 4.78 is 5.38. The first-order valence-corrected chi connectivity index (χ1v) is 3.51. The van der Waals surface area contributed by atoms with Crippen molar-refractivity contribution in [1.29, 1.82) is 0 Å². The molecular weight excluding hydrogens is 114 g/mol. The molecule has 1 heterocycles. The molecule has 9 heavy (non-hydrogen) atoms. The van der Waals surface area contributed by atoms with Crippen LogP contribution in [0, 0.1) is 5.41 Å². The van der Waals surface area contributed by atoms with E-state index in [-0.39, 0.29) is 5.41 Å². The van der Waals surface area contributed by atoms with Crippen LogP contribution in [0.2, 0.25) is 0 Å². The Morgan fingerprint density at radius 1 is 1.78 bits per heavy atom. The standard InChI is InChI=1S/C7H15NO/c1-6-7(2,5-8)3-4-9-6/h6H,3-5,8H2,1-2H3/t6-,7-/m0/s1. The average molecular weight is 129 g/mol. The Bertz CT molecular complexity index is 105. The van der Waals surface area contributed by atoms with E-state index in [9.17, 15) is 0 Å². The largest absolute Gasteiger partial charge is 0.378 e. The molecule has 1 fully saturated rings. The fraction of sp³-hybridized carbons (Fsp3) is 1.00. The first kappa shape index (κ1) is 7.03. The third kappa shape index (κ3) is 1.10. The van der Waals surface area contributed by atoms with Gasteiger partial charge in [-0.05, 0) is 13.3 Å². The highest BCUT2D eigenvalue weighted by atomic mass is 16.5. The molecule has 0 aliphatic carbocycles. The lowest BCUT2D eigenvalue weighted by atomic mass is 9.84. The predicted molar refractivity (Wildman–Crippen MR) is 37.2 cm³/mol. The maximum absolute atomic E-state index is 5.58. The molecule has 2 atom stereocenters. The van der Waals surface area contributed by atoms with E-state index in [1.54, 1.807) is 0 Å². The van der Waals surface area contributed by atoms with Gasteiger partial charge in [-0.1, -0.05) is 6.92 Å². The number of nitrogens with two attached hydrogens (primary N) is 1. The fourth-order valence-corrected chi connectivity index (χ4v) is 1.14. The van der Waals surface area contributed by atoms with Gasteiger partial charge in [-0.15, -0.1) is 0 Å². The zero-order valence-electron chi connectivity index (χ0n) is 6.18. The van der Waals surface area contributed by atoms with Gasteiger partial charge in [-0.25, -0.2) is 0 Å². The smallest absolute Gasteiger partial charge is 0.0613 e. The van der Waals surface area contributed by atoms with E-state index < -0.39 is 0 Å². The highest BCUT2D eigenvalue weighted by molar-refractivity contribution is 4.85. The Morgan fingerprint density at radius 2 is 2.44 bits per heavy atom. The Labute approximate surface area is 56.4 Å². The van der Waals surface area contributed by atoms with Gasteiger partial charge in [-0.3, -0.25) is 0 Å². The summed E-state index contributed by atoms with van der Waals surface area (Å²) in [6.45, 7) is 5.91. The molecule has 0 aromatic rings. The number of ether oxygens (including phenoxy) is 1. The van der Waals surface area contributed by atoms with Crippen LogP contribution in [0.4, 0.5) is 0 Å². The Balaban J connectivity index is 2.56. The second-order valence-corrected chi connectivity index (χ2v) is 3.12. The van der Waals surface area contributed by atoms with Crippen LogP contribution < -0.4 is 5.73 Å². The number of hydrogen-bond donors (Lipinski definition) is 1. The number of rotatable bonds is 1. The van der Waals surface area contributed by atoms with Crippen LogP contribution in [0.25, 0.3) is 0 Å². The Morgan fingerprint density at radius 3 is 2.67 bits per heavy atom. The van der Waals surface area contributed by atoms with Crippen molar-refractivity contribution >= 4 is 0 Å². The third-order valence-corrected chi connectivity index (χ3v) is 2.49. The molecule has 1 rings (SSSR count). The van der Waals surface area contributed by atoms with Crippen molar-refractivity contribution < 1.29 is 4.74 Å². The van der Waals surface area contributed by atoms with E-state index in [0.29, 0.717) is 6.10 Å². The van der Waals surface area contributed by atoms with Gasteiger partial charge in [-0.2, -0.15) is 0 Å². The van der Waals surface area contributed by atoms with Crippen molar-refractivity contribution in [3.63, 3.8) is 0 Å². The summed E-state index contributed by atoms with van der Waals surface area (Å²) in [7, 11) is 0. The summed E-state index contributed by atoms with van der Waals surface area (Å²) in [6, 6.07) is 0. The van der Waals surface area contributed by atoms with Crippen LogP contribution in [0.15, 0.2) is 0 Å². The van der Waals surface area contributed by atoms with Gasteiger partial charge in [0.25, 0.3) is 0 Å². The van der Waals surface area contributed by atoms with Gasteiger partial charge in [0.2, 0.25) is 0 Å². The highest BCUT2D eigenvalue weighted by Gasteiger charge is 2.35. The van der Waals surface area contributed by atoms with Crippen molar-refractivity contribution in [2.24, 2.45) is 11.1 Å². The number of hydrogen-bond acceptors (Lipinski definition) is 2. The van der Waals surface area contributed by atoms with E-state index in [0.717, 1.165) is 19.6 Å². The molecule has 0 spiro atoms. The molecule has 2 nitrogen and oxygen atoms in total. The summed E-state index contributed by atoms with van der Waals surface area (Å²) >= 11 is 0. The summed E-state index contributed by atoms with van der Waals surface area (Å²) in [5, 5.41) is 0. The summed E-state index contributed by atoms with van der Waals surface area (Å²) in [5.74, 6) is 0. The normalized spacial score (nSPS) is 43.7. The van der Waals surface area contributed by atoms with Crippen LogP contribution in [0.3, 0.4) is 0 Å². The molecular formula is C7H15NO. The average Bonchev–Trinajstić information content (AvgIpc) is 2.15. The van der Waals surface area contributed by atoms with Crippen LogP contribution in [-0.4, -0.2) is 19.3 Å². The SMILES string of the molecule is C[C@@H]1OCC[C@@]1(C)CN. The van der Waals surface area contributed by atoms with E-state index in [1.807, 2.05) is 0 Å². The molecule has 0 unspecified atom stereocenters. The van der Waals surface area contributed by atoms with Crippen molar-refractivity contribution in [2.75, 3.05) is 13.2 Å². The maximum Gasteiger partial charge on any atom is 0.0613 e. The molecule has 0 radical (unpaired) electrons. The van der Waals surface area contributed by atoms with Crippen molar-refractivity contribution in [1.82, 2.24) is 0 Å². The predicted octanol–water partition coefficient (Wildman–Crippen LogP) is 0.760. The van der Waals surface area contributed by atoms with Gasteiger partial charge in [0.05, 0.1) is 6.10 Å². The third-order valence-electron chi connectivity index (χ3n) is 2.49. The van der Waals surface area contributed by atoms with Crippen LogP contribution >= 0.6 is 0 Å². The molecule has 0 bridgehead atoms. The van der Waals surface area contributed by atoms with Crippen LogP contribution in [0.1, 0.15) is 20.3 Å². The monoisotopic (exact) mass is 129 g/mol. The zero-order chi connectivity index (χ0) is 6.91. The lowest BCUT2D eigenvalue weighted by molar-refractivity contribution is 0.0756. The van der Waals surface area contributed by atoms with Gasteiger partial charge in [0, 0.05) is 18.6 Å². The van der Waals surface area contributed by atoms with Crippen LogP contribution in [0.5, 0.6) is 0 Å². The molecule has 0 amide bonds. The highest BCUT2D eigenvalue weighted by Crippen LogP contribution is 2.32. The first-order chi connectivity index (χ1) is 4.19. The first-order valence-electron chi connectivity index (χ1n) is 3.51. The minimum absolute atomic E-state index is 0.250. The fourth-order valence-electron chi connectivity index (χ4n) is 1.14. The molecule has 1 aliphatic rings. The minimum Gasteiger partial charge on any atom is -0.378 e.